The minimum atomic E-state index is -1.35. The molecule has 0 amide bonds. The Morgan fingerprint density at radius 3 is 2.12 bits per heavy atom. The topological polar surface area (TPSA) is 40.5 Å². The van der Waals surface area contributed by atoms with Crippen molar-refractivity contribution in [2.75, 3.05) is 0 Å². The molecule has 0 bridgehead atoms. The number of hydrogen-bond donors (Lipinski definition) is 2. The van der Waals surface area contributed by atoms with Gasteiger partial charge >= 0.3 is 7.12 Å². The summed E-state index contributed by atoms with van der Waals surface area (Å²) in [5.74, 6) is 1.59. The average Bonchev–Trinajstić information content (AvgIpc) is 2.39. The van der Waals surface area contributed by atoms with Gasteiger partial charge in [0.1, 0.15) is 0 Å². The Balaban J connectivity index is 1.99. The maximum atomic E-state index is 9.05. The summed E-state index contributed by atoms with van der Waals surface area (Å²) in [6.07, 6.45) is 6.54. The summed E-state index contributed by atoms with van der Waals surface area (Å²) in [6, 6.07) is 7.75. The zero-order valence-corrected chi connectivity index (χ0v) is 10.5. The molecule has 1 fully saturated rings. The van der Waals surface area contributed by atoms with Crippen molar-refractivity contribution in [3.8, 4) is 0 Å². The highest BCUT2D eigenvalue weighted by atomic mass is 16.4. The molecule has 0 radical (unpaired) electrons. The highest BCUT2D eigenvalue weighted by Crippen LogP contribution is 2.36. The van der Waals surface area contributed by atoms with E-state index in [0.29, 0.717) is 11.4 Å². The Bertz CT molecular complexity index is 340. The number of benzene rings is 1. The lowest BCUT2D eigenvalue weighted by Gasteiger charge is -2.28. The molecule has 1 aromatic carbocycles. The van der Waals surface area contributed by atoms with Crippen molar-refractivity contribution in [3.05, 3.63) is 29.8 Å². The van der Waals surface area contributed by atoms with Gasteiger partial charge in [0.2, 0.25) is 0 Å². The zero-order valence-electron chi connectivity index (χ0n) is 10.5. The normalized spacial score (nSPS) is 24.6. The third kappa shape index (κ3) is 3.11. The first-order valence-corrected chi connectivity index (χ1v) is 6.66. The largest absolute Gasteiger partial charge is 0.488 e. The maximum Gasteiger partial charge on any atom is 0.488 e. The Morgan fingerprint density at radius 2 is 1.65 bits per heavy atom. The monoisotopic (exact) mass is 232 g/mol. The molecule has 1 aromatic rings. The zero-order chi connectivity index (χ0) is 12.3. The van der Waals surface area contributed by atoms with Crippen LogP contribution >= 0.6 is 0 Å². The fourth-order valence-electron chi connectivity index (χ4n) is 2.84. The van der Waals surface area contributed by atoms with Crippen molar-refractivity contribution < 1.29 is 10.0 Å². The number of hydrogen-bond acceptors (Lipinski definition) is 2. The van der Waals surface area contributed by atoms with Gasteiger partial charge in [0, 0.05) is 0 Å². The second-order valence-corrected chi connectivity index (χ2v) is 5.17. The van der Waals surface area contributed by atoms with Gasteiger partial charge in [0.15, 0.2) is 0 Å². The molecule has 1 saturated carbocycles. The van der Waals surface area contributed by atoms with Crippen LogP contribution in [0.1, 0.15) is 50.5 Å². The van der Waals surface area contributed by atoms with Crippen LogP contribution in [-0.4, -0.2) is 17.2 Å². The predicted molar refractivity (Wildman–Crippen MR) is 71.3 cm³/mol. The quantitative estimate of drug-likeness (QED) is 0.783. The van der Waals surface area contributed by atoms with Gasteiger partial charge < -0.3 is 10.0 Å². The van der Waals surface area contributed by atoms with Gasteiger partial charge in [-0.2, -0.15) is 0 Å². The molecule has 0 aromatic heterocycles. The summed E-state index contributed by atoms with van der Waals surface area (Å²) in [6.45, 7) is 2.28. The lowest BCUT2D eigenvalue weighted by atomic mass is 9.75. The van der Waals surface area contributed by atoms with Crippen LogP contribution in [0.5, 0.6) is 0 Å². The molecule has 0 aliphatic heterocycles. The molecule has 2 nitrogen and oxygen atoms in total. The van der Waals surface area contributed by atoms with Crippen LogP contribution in [0.2, 0.25) is 0 Å². The first-order valence-electron chi connectivity index (χ1n) is 6.66. The van der Waals surface area contributed by atoms with E-state index >= 15 is 0 Å². The Hall–Kier alpha value is -0.795. The van der Waals surface area contributed by atoms with Crippen LogP contribution in [-0.2, 0) is 0 Å². The van der Waals surface area contributed by atoms with Gasteiger partial charge in [0.25, 0.3) is 0 Å². The van der Waals surface area contributed by atoms with Crippen molar-refractivity contribution in [1.29, 1.82) is 0 Å². The molecule has 3 heteroatoms. The second-order valence-electron chi connectivity index (χ2n) is 5.17. The summed E-state index contributed by atoms with van der Waals surface area (Å²) in [5.41, 5.74) is 1.93. The Labute approximate surface area is 104 Å². The molecule has 17 heavy (non-hydrogen) atoms. The van der Waals surface area contributed by atoms with Crippen LogP contribution in [0.4, 0.5) is 0 Å². The fraction of sp³-hybridized carbons (Fsp3) is 0.571. The van der Waals surface area contributed by atoms with Gasteiger partial charge in [-0.3, -0.25) is 0 Å². The van der Waals surface area contributed by atoms with Crippen LogP contribution in [0.25, 0.3) is 0 Å². The minimum Gasteiger partial charge on any atom is -0.423 e. The van der Waals surface area contributed by atoms with Crippen LogP contribution in [0.3, 0.4) is 0 Å². The van der Waals surface area contributed by atoms with Crippen molar-refractivity contribution >= 4 is 12.6 Å². The van der Waals surface area contributed by atoms with E-state index < -0.39 is 7.12 Å². The smallest absolute Gasteiger partial charge is 0.423 e. The first-order chi connectivity index (χ1) is 8.20. The lowest BCUT2D eigenvalue weighted by molar-refractivity contribution is 0.319. The van der Waals surface area contributed by atoms with E-state index in [9.17, 15) is 0 Å². The molecule has 0 saturated heterocycles. The lowest BCUT2D eigenvalue weighted by Crippen LogP contribution is -2.29. The van der Waals surface area contributed by atoms with E-state index in [4.69, 9.17) is 10.0 Å². The molecular formula is C14H21BO2. The van der Waals surface area contributed by atoms with Gasteiger partial charge in [-0.15, -0.1) is 0 Å². The summed E-state index contributed by atoms with van der Waals surface area (Å²) in [7, 11) is -1.35. The molecule has 0 spiro atoms. The molecule has 1 aliphatic carbocycles. The fourth-order valence-corrected chi connectivity index (χ4v) is 2.84. The van der Waals surface area contributed by atoms with Crippen molar-refractivity contribution in [2.45, 2.75) is 44.9 Å². The predicted octanol–water partition coefficient (Wildman–Crippen LogP) is 2.05. The van der Waals surface area contributed by atoms with E-state index in [-0.39, 0.29) is 0 Å². The summed E-state index contributed by atoms with van der Waals surface area (Å²) in [5, 5.41) is 18.1. The molecule has 0 atom stereocenters. The van der Waals surface area contributed by atoms with Gasteiger partial charge in [-0.25, -0.2) is 0 Å². The standard InChI is InChI=1S/C14H21BO2/c1-2-11-3-5-12(6-4-11)13-7-9-14(10-8-13)15(16)17/h7-12,16-17H,2-6H2,1H3. The summed E-state index contributed by atoms with van der Waals surface area (Å²) < 4.78 is 0. The third-order valence-corrected chi connectivity index (χ3v) is 4.13. The number of rotatable bonds is 3. The maximum absolute atomic E-state index is 9.05. The van der Waals surface area contributed by atoms with E-state index in [1.54, 1.807) is 0 Å². The van der Waals surface area contributed by atoms with Crippen molar-refractivity contribution in [1.82, 2.24) is 0 Å². The van der Waals surface area contributed by atoms with Crippen LogP contribution in [0, 0.1) is 5.92 Å². The Kier molecular flexibility index (Phi) is 4.24. The Morgan fingerprint density at radius 1 is 1.06 bits per heavy atom. The SMILES string of the molecule is CCC1CCC(c2ccc(B(O)O)cc2)CC1. The van der Waals surface area contributed by atoms with Gasteiger partial charge in [0.05, 0.1) is 0 Å². The van der Waals surface area contributed by atoms with E-state index in [2.05, 4.69) is 6.92 Å². The van der Waals surface area contributed by atoms with Gasteiger partial charge in [-0.05, 0) is 48.5 Å². The molecular weight excluding hydrogens is 211 g/mol. The van der Waals surface area contributed by atoms with Crippen molar-refractivity contribution in [2.24, 2.45) is 5.92 Å². The molecule has 2 N–H and O–H groups in total. The highest BCUT2D eigenvalue weighted by Gasteiger charge is 2.21. The molecule has 0 unspecified atom stereocenters. The summed E-state index contributed by atoms with van der Waals surface area (Å²) in [4.78, 5) is 0. The third-order valence-electron chi connectivity index (χ3n) is 4.13. The first kappa shape index (κ1) is 12.7. The van der Waals surface area contributed by atoms with Crippen molar-refractivity contribution in [3.63, 3.8) is 0 Å². The molecule has 1 aliphatic rings. The average molecular weight is 232 g/mol. The van der Waals surface area contributed by atoms with Gasteiger partial charge in [-0.1, -0.05) is 37.6 Å². The van der Waals surface area contributed by atoms with E-state index in [1.165, 1.54) is 37.7 Å². The molecule has 0 heterocycles. The van der Waals surface area contributed by atoms with Crippen LogP contribution < -0.4 is 5.46 Å². The van der Waals surface area contributed by atoms with Crippen LogP contribution in [0.15, 0.2) is 24.3 Å². The summed E-state index contributed by atoms with van der Waals surface area (Å²) >= 11 is 0. The molecule has 2 rings (SSSR count). The highest BCUT2D eigenvalue weighted by molar-refractivity contribution is 6.58. The minimum absolute atomic E-state index is 0.580. The molecule has 92 valence electrons. The van der Waals surface area contributed by atoms with E-state index in [1.807, 2.05) is 24.3 Å². The van der Waals surface area contributed by atoms with E-state index in [0.717, 1.165) is 5.92 Å². The second kappa shape index (κ2) is 5.70.